The van der Waals surface area contributed by atoms with Crippen LogP contribution < -0.4 is 0 Å². The van der Waals surface area contributed by atoms with Crippen molar-refractivity contribution >= 4 is 10.1 Å². The Morgan fingerprint density at radius 2 is 2.12 bits per heavy atom. The molecule has 2 rings (SSSR count). The summed E-state index contributed by atoms with van der Waals surface area (Å²) < 4.78 is 34.4. The van der Waals surface area contributed by atoms with Crippen LogP contribution in [0.3, 0.4) is 0 Å². The van der Waals surface area contributed by atoms with E-state index in [2.05, 4.69) is 0 Å². The van der Waals surface area contributed by atoms with Crippen LogP contribution in [-0.2, 0) is 19.0 Å². The molecular formula is C10H18O6S. The molecule has 2 aliphatic heterocycles. The molecule has 7 heteroatoms. The van der Waals surface area contributed by atoms with Crippen LogP contribution >= 0.6 is 0 Å². The largest absolute Gasteiger partial charge is 0.396 e. The van der Waals surface area contributed by atoms with Crippen LogP contribution in [0.2, 0.25) is 0 Å². The van der Waals surface area contributed by atoms with Crippen molar-refractivity contribution < 1.29 is 27.6 Å². The van der Waals surface area contributed by atoms with Gasteiger partial charge in [-0.15, -0.1) is 0 Å². The molecule has 100 valence electrons. The van der Waals surface area contributed by atoms with Crippen LogP contribution in [0, 0.1) is 5.92 Å². The number of hydrogen-bond donors (Lipinski definition) is 2. The molecule has 0 aromatic carbocycles. The maximum Gasteiger partial charge on any atom is 0.273 e. The third kappa shape index (κ3) is 1.90. The van der Waals surface area contributed by atoms with Gasteiger partial charge in [-0.2, -0.15) is 8.42 Å². The van der Waals surface area contributed by atoms with Gasteiger partial charge < -0.3 is 14.9 Å². The molecule has 2 N–H and O–H groups in total. The van der Waals surface area contributed by atoms with Gasteiger partial charge >= 0.3 is 0 Å². The molecule has 6 nitrogen and oxygen atoms in total. The number of aliphatic hydroxyl groups excluding tert-OH is 2. The second-order valence-corrected chi connectivity index (χ2v) is 6.51. The van der Waals surface area contributed by atoms with E-state index in [0.29, 0.717) is 13.0 Å². The van der Waals surface area contributed by atoms with Crippen LogP contribution in [0.4, 0.5) is 0 Å². The van der Waals surface area contributed by atoms with Crippen molar-refractivity contribution in [2.24, 2.45) is 5.92 Å². The highest BCUT2D eigenvalue weighted by atomic mass is 32.2. The van der Waals surface area contributed by atoms with Crippen LogP contribution in [-0.4, -0.2) is 55.4 Å². The molecule has 0 aromatic rings. The Kier molecular flexibility index (Phi) is 3.48. The summed E-state index contributed by atoms with van der Waals surface area (Å²) in [5.74, 6) is -0.0592. The maximum atomic E-state index is 11.9. The highest BCUT2D eigenvalue weighted by Gasteiger charge is 2.65. The lowest BCUT2D eigenvalue weighted by atomic mass is 9.87. The molecule has 0 saturated carbocycles. The fourth-order valence-corrected chi connectivity index (χ4v) is 4.75. The second-order valence-electron chi connectivity index (χ2n) is 4.77. The molecule has 4 unspecified atom stereocenters. The summed E-state index contributed by atoms with van der Waals surface area (Å²) >= 11 is 0. The normalized spacial score (nSPS) is 43.8. The monoisotopic (exact) mass is 266 g/mol. The maximum absolute atomic E-state index is 11.9. The Morgan fingerprint density at radius 3 is 2.71 bits per heavy atom. The zero-order valence-electron chi connectivity index (χ0n) is 9.70. The van der Waals surface area contributed by atoms with Gasteiger partial charge in [-0.3, -0.25) is 4.18 Å². The van der Waals surface area contributed by atoms with Crippen LogP contribution in [0.15, 0.2) is 0 Å². The van der Waals surface area contributed by atoms with Gasteiger partial charge in [0.1, 0.15) is 17.0 Å². The summed E-state index contributed by atoms with van der Waals surface area (Å²) in [5.41, 5.74) is -1.15. The first-order valence-electron chi connectivity index (χ1n) is 5.75. The highest BCUT2D eigenvalue weighted by Crippen LogP contribution is 2.46. The third-order valence-electron chi connectivity index (χ3n) is 3.62. The van der Waals surface area contributed by atoms with E-state index in [1.165, 1.54) is 0 Å². The zero-order valence-corrected chi connectivity index (χ0v) is 10.5. The molecular weight excluding hydrogens is 248 g/mol. The number of rotatable bonds is 4. The third-order valence-corrected chi connectivity index (χ3v) is 5.42. The fraction of sp³-hybridized carbons (Fsp3) is 1.00. The summed E-state index contributed by atoms with van der Waals surface area (Å²) in [5, 5.41) is 17.4. The van der Waals surface area contributed by atoms with Crippen molar-refractivity contribution in [3.05, 3.63) is 0 Å². The van der Waals surface area contributed by atoms with Gasteiger partial charge in [0.25, 0.3) is 10.1 Å². The molecule has 4 atom stereocenters. The molecule has 17 heavy (non-hydrogen) atoms. The van der Waals surface area contributed by atoms with Crippen molar-refractivity contribution in [2.45, 2.75) is 36.7 Å². The number of aliphatic hydroxyl groups is 2. The highest BCUT2D eigenvalue weighted by molar-refractivity contribution is 7.87. The number of ether oxygens (including phenoxy) is 1. The molecule has 2 saturated heterocycles. The minimum Gasteiger partial charge on any atom is -0.396 e. The smallest absolute Gasteiger partial charge is 0.273 e. The van der Waals surface area contributed by atoms with Crippen molar-refractivity contribution in [1.29, 1.82) is 0 Å². The summed E-state index contributed by atoms with van der Waals surface area (Å²) in [6.07, 6.45) is -0.0246. The number of fused-ring (bicyclic) bond motifs is 1. The van der Waals surface area contributed by atoms with Crippen LogP contribution in [0.25, 0.3) is 0 Å². The van der Waals surface area contributed by atoms with Crippen molar-refractivity contribution in [1.82, 2.24) is 0 Å². The molecule has 2 heterocycles. The van der Waals surface area contributed by atoms with Gasteiger partial charge in [0.2, 0.25) is 0 Å². The predicted molar refractivity (Wildman–Crippen MR) is 58.8 cm³/mol. The molecule has 0 aromatic heterocycles. The van der Waals surface area contributed by atoms with Crippen molar-refractivity contribution in [3.63, 3.8) is 0 Å². The standard InChI is InChI=1S/C10H18O6S/c1-7-5-15-10(6-12)8(3-2-4-11)17(13,14)16-9(7)10/h7-9,11-12H,2-6H2,1H3. The molecule has 0 bridgehead atoms. The molecule has 0 amide bonds. The molecule has 2 fully saturated rings. The minimum atomic E-state index is -3.72. The Labute approximate surface area is 101 Å². The van der Waals surface area contributed by atoms with Gasteiger partial charge in [0, 0.05) is 12.5 Å². The van der Waals surface area contributed by atoms with Crippen LogP contribution in [0.5, 0.6) is 0 Å². The van der Waals surface area contributed by atoms with Crippen LogP contribution in [0.1, 0.15) is 19.8 Å². The molecule has 0 aliphatic carbocycles. The Hall–Kier alpha value is -0.210. The Balaban J connectivity index is 2.32. The minimum absolute atomic E-state index is 0.0592. The summed E-state index contributed by atoms with van der Waals surface area (Å²) in [4.78, 5) is 0. The lowest BCUT2D eigenvalue weighted by molar-refractivity contribution is -0.0663. The Bertz CT molecular complexity index is 380. The summed E-state index contributed by atoms with van der Waals surface area (Å²) in [6, 6.07) is 0. The van der Waals surface area contributed by atoms with Gasteiger partial charge in [-0.1, -0.05) is 6.92 Å². The fourth-order valence-electron chi connectivity index (χ4n) is 2.75. The molecule has 2 aliphatic rings. The van der Waals surface area contributed by atoms with Gasteiger partial charge in [0.05, 0.1) is 13.2 Å². The first kappa shape index (κ1) is 13.2. The van der Waals surface area contributed by atoms with Gasteiger partial charge in [0.15, 0.2) is 0 Å². The first-order valence-corrected chi connectivity index (χ1v) is 7.23. The number of hydrogen-bond acceptors (Lipinski definition) is 6. The quantitative estimate of drug-likeness (QED) is 0.651. The van der Waals surface area contributed by atoms with Gasteiger partial charge in [-0.25, -0.2) is 0 Å². The summed E-state index contributed by atoms with van der Waals surface area (Å²) in [7, 11) is -3.72. The second kappa shape index (κ2) is 4.47. The summed E-state index contributed by atoms with van der Waals surface area (Å²) in [6.45, 7) is 1.76. The zero-order chi connectivity index (χ0) is 12.7. The SMILES string of the molecule is CC1COC2(CO)C1OS(=O)(=O)C2CCCO. The van der Waals surface area contributed by atoms with E-state index < -0.39 is 27.1 Å². The Morgan fingerprint density at radius 1 is 1.41 bits per heavy atom. The average molecular weight is 266 g/mol. The van der Waals surface area contributed by atoms with E-state index in [4.69, 9.17) is 14.0 Å². The topological polar surface area (TPSA) is 93.1 Å². The van der Waals surface area contributed by atoms with E-state index in [0.717, 1.165) is 0 Å². The van der Waals surface area contributed by atoms with E-state index in [9.17, 15) is 13.5 Å². The van der Waals surface area contributed by atoms with Crippen molar-refractivity contribution in [2.75, 3.05) is 19.8 Å². The van der Waals surface area contributed by atoms with E-state index >= 15 is 0 Å². The van der Waals surface area contributed by atoms with E-state index in [-0.39, 0.29) is 25.6 Å². The van der Waals surface area contributed by atoms with Gasteiger partial charge in [-0.05, 0) is 12.8 Å². The first-order chi connectivity index (χ1) is 7.98. The predicted octanol–water partition coefficient (Wildman–Crippen LogP) is -0.746. The lowest BCUT2D eigenvalue weighted by Gasteiger charge is -2.28. The average Bonchev–Trinajstić information content (AvgIpc) is 2.69. The lowest BCUT2D eigenvalue weighted by Crippen LogP contribution is -2.49. The van der Waals surface area contributed by atoms with E-state index in [1.807, 2.05) is 6.92 Å². The van der Waals surface area contributed by atoms with Crippen molar-refractivity contribution in [3.8, 4) is 0 Å². The molecule has 0 radical (unpaired) electrons. The van der Waals surface area contributed by atoms with E-state index in [1.54, 1.807) is 0 Å². The molecule has 0 spiro atoms.